The van der Waals surface area contributed by atoms with E-state index < -0.39 is 5.97 Å². The van der Waals surface area contributed by atoms with Crippen molar-refractivity contribution >= 4 is 23.0 Å². The molecule has 0 aliphatic rings. The highest BCUT2D eigenvalue weighted by Crippen LogP contribution is 2.26. The second-order valence-corrected chi connectivity index (χ2v) is 3.63. The number of hydrogen-bond acceptors (Lipinski definition) is 5. The number of nitrogens with zero attached hydrogens (tertiary/aromatic N) is 1. The predicted molar refractivity (Wildman–Crippen MR) is 69.7 cm³/mol. The van der Waals surface area contributed by atoms with E-state index in [4.69, 9.17) is 5.73 Å². The van der Waals surface area contributed by atoms with Crippen molar-refractivity contribution in [3.05, 3.63) is 48.3 Å². The van der Waals surface area contributed by atoms with E-state index in [0.29, 0.717) is 16.9 Å². The third-order valence-corrected chi connectivity index (χ3v) is 2.45. The van der Waals surface area contributed by atoms with Crippen molar-refractivity contribution in [1.29, 1.82) is 0 Å². The number of ether oxygens (including phenoxy) is 1. The van der Waals surface area contributed by atoms with E-state index >= 15 is 0 Å². The lowest BCUT2D eigenvalue weighted by molar-refractivity contribution is 0.0602. The van der Waals surface area contributed by atoms with Gasteiger partial charge in [-0.3, -0.25) is 4.98 Å². The maximum absolute atomic E-state index is 11.5. The summed E-state index contributed by atoms with van der Waals surface area (Å²) in [5.41, 5.74) is 8.06. The van der Waals surface area contributed by atoms with Crippen molar-refractivity contribution in [3.8, 4) is 0 Å². The summed E-state index contributed by atoms with van der Waals surface area (Å²) in [6.07, 6.45) is 3.35. The number of methoxy groups -OCH3 is 1. The standard InChI is InChI=1S/C13H13N3O2/c1-18-13(17)10-5-2-6-11(12(10)14)16-9-4-3-7-15-8-9/h2-8,16H,14H2,1H3. The number of anilines is 3. The smallest absolute Gasteiger partial charge is 0.340 e. The summed E-state index contributed by atoms with van der Waals surface area (Å²) in [6, 6.07) is 8.81. The molecule has 18 heavy (non-hydrogen) atoms. The van der Waals surface area contributed by atoms with Crippen molar-refractivity contribution in [2.24, 2.45) is 0 Å². The van der Waals surface area contributed by atoms with Crippen LogP contribution < -0.4 is 11.1 Å². The van der Waals surface area contributed by atoms with Crippen LogP contribution in [0.15, 0.2) is 42.7 Å². The van der Waals surface area contributed by atoms with Gasteiger partial charge < -0.3 is 15.8 Å². The minimum absolute atomic E-state index is 0.339. The maximum Gasteiger partial charge on any atom is 0.340 e. The van der Waals surface area contributed by atoms with Gasteiger partial charge in [0.15, 0.2) is 0 Å². The predicted octanol–water partition coefficient (Wildman–Crippen LogP) is 2.19. The zero-order valence-electron chi connectivity index (χ0n) is 9.88. The number of carbonyl (C=O) groups excluding carboxylic acids is 1. The van der Waals surface area contributed by atoms with Gasteiger partial charge in [-0.2, -0.15) is 0 Å². The molecule has 0 fully saturated rings. The number of nitrogens with one attached hydrogen (secondary N) is 1. The molecule has 1 aromatic carbocycles. The summed E-state index contributed by atoms with van der Waals surface area (Å²) in [6.45, 7) is 0. The van der Waals surface area contributed by atoms with Gasteiger partial charge >= 0.3 is 5.97 Å². The Morgan fingerprint density at radius 1 is 1.33 bits per heavy atom. The van der Waals surface area contributed by atoms with E-state index in [1.54, 1.807) is 30.6 Å². The van der Waals surface area contributed by atoms with Crippen LogP contribution in [0.4, 0.5) is 17.1 Å². The number of nitrogens with two attached hydrogens (primary N) is 1. The Labute approximate surface area is 105 Å². The van der Waals surface area contributed by atoms with Gasteiger partial charge in [-0.25, -0.2) is 4.79 Å². The number of esters is 1. The number of pyridine rings is 1. The number of aromatic nitrogens is 1. The van der Waals surface area contributed by atoms with Gasteiger partial charge in [-0.05, 0) is 24.3 Å². The average Bonchev–Trinajstić information content (AvgIpc) is 2.41. The quantitative estimate of drug-likeness (QED) is 0.638. The molecule has 0 unspecified atom stereocenters. The van der Waals surface area contributed by atoms with Crippen molar-refractivity contribution in [2.75, 3.05) is 18.2 Å². The van der Waals surface area contributed by atoms with Crippen LogP contribution in [0.3, 0.4) is 0 Å². The first-order chi connectivity index (χ1) is 8.72. The Morgan fingerprint density at radius 3 is 2.83 bits per heavy atom. The molecule has 92 valence electrons. The van der Waals surface area contributed by atoms with Crippen LogP contribution in [-0.4, -0.2) is 18.1 Å². The molecule has 3 N–H and O–H groups in total. The Balaban J connectivity index is 2.32. The molecule has 0 radical (unpaired) electrons. The lowest BCUT2D eigenvalue weighted by Gasteiger charge is -2.11. The summed E-state index contributed by atoms with van der Waals surface area (Å²) in [5, 5.41) is 3.10. The zero-order valence-corrected chi connectivity index (χ0v) is 9.88. The topological polar surface area (TPSA) is 77.2 Å². The molecule has 0 bridgehead atoms. The first-order valence-electron chi connectivity index (χ1n) is 5.36. The number of nitrogen functional groups attached to an aromatic ring is 1. The Bertz CT molecular complexity index is 555. The lowest BCUT2D eigenvalue weighted by atomic mass is 10.1. The molecule has 2 rings (SSSR count). The molecule has 0 aliphatic carbocycles. The summed E-state index contributed by atoms with van der Waals surface area (Å²) < 4.78 is 4.66. The van der Waals surface area contributed by atoms with Gasteiger partial charge in [-0.15, -0.1) is 0 Å². The van der Waals surface area contributed by atoms with Gasteiger partial charge in [0, 0.05) is 6.20 Å². The molecule has 1 heterocycles. The van der Waals surface area contributed by atoms with Crippen LogP contribution in [0.25, 0.3) is 0 Å². The monoisotopic (exact) mass is 243 g/mol. The maximum atomic E-state index is 11.5. The van der Waals surface area contributed by atoms with Gasteiger partial charge in [0.25, 0.3) is 0 Å². The molecule has 0 saturated heterocycles. The van der Waals surface area contributed by atoms with Crippen molar-refractivity contribution in [2.45, 2.75) is 0 Å². The molecule has 5 heteroatoms. The largest absolute Gasteiger partial charge is 0.465 e. The molecular weight excluding hydrogens is 230 g/mol. The fourth-order valence-electron chi connectivity index (χ4n) is 1.55. The first kappa shape index (κ1) is 11.9. The summed E-state index contributed by atoms with van der Waals surface area (Å²) >= 11 is 0. The molecule has 0 amide bonds. The first-order valence-corrected chi connectivity index (χ1v) is 5.36. The molecule has 0 spiro atoms. The molecular formula is C13H13N3O2. The lowest BCUT2D eigenvalue weighted by Crippen LogP contribution is -2.07. The van der Waals surface area contributed by atoms with Crippen LogP contribution in [0.5, 0.6) is 0 Å². The van der Waals surface area contributed by atoms with E-state index in [1.807, 2.05) is 12.1 Å². The SMILES string of the molecule is COC(=O)c1cccc(Nc2cccnc2)c1N. The van der Waals surface area contributed by atoms with Gasteiger partial charge in [0.2, 0.25) is 0 Å². The Kier molecular flexibility index (Phi) is 3.43. The Morgan fingerprint density at radius 2 is 2.17 bits per heavy atom. The number of benzene rings is 1. The molecule has 1 aromatic heterocycles. The van der Waals surface area contributed by atoms with E-state index in [0.717, 1.165) is 5.69 Å². The summed E-state index contributed by atoms with van der Waals surface area (Å²) in [5.74, 6) is -0.456. The average molecular weight is 243 g/mol. The summed E-state index contributed by atoms with van der Waals surface area (Å²) in [4.78, 5) is 15.5. The highest BCUT2D eigenvalue weighted by atomic mass is 16.5. The number of para-hydroxylation sites is 1. The molecule has 5 nitrogen and oxygen atoms in total. The van der Waals surface area contributed by atoms with Crippen molar-refractivity contribution < 1.29 is 9.53 Å². The van der Waals surface area contributed by atoms with Crippen LogP contribution in [0, 0.1) is 0 Å². The number of hydrogen-bond donors (Lipinski definition) is 2. The highest BCUT2D eigenvalue weighted by molar-refractivity contribution is 5.98. The number of rotatable bonds is 3. The second kappa shape index (κ2) is 5.18. The third kappa shape index (κ3) is 2.40. The van der Waals surface area contributed by atoms with E-state index in [2.05, 4.69) is 15.0 Å². The molecule has 0 atom stereocenters. The van der Waals surface area contributed by atoms with Crippen LogP contribution in [0.2, 0.25) is 0 Å². The normalized spacial score (nSPS) is 9.83. The highest BCUT2D eigenvalue weighted by Gasteiger charge is 2.12. The van der Waals surface area contributed by atoms with E-state index in [9.17, 15) is 4.79 Å². The minimum atomic E-state index is -0.456. The van der Waals surface area contributed by atoms with Gasteiger partial charge in [0.05, 0.1) is 35.9 Å². The second-order valence-electron chi connectivity index (χ2n) is 3.63. The van der Waals surface area contributed by atoms with Crippen LogP contribution in [0.1, 0.15) is 10.4 Å². The fraction of sp³-hybridized carbons (Fsp3) is 0.0769. The molecule has 2 aromatic rings. The van der Waals surface area contributed by atoms with Crippen molar-refractivity contribution in [1.82, 2.24) is 4.98 Å². The third-order valence-electron chi connectivity index (χ3n) is 2.45. The molecule has 0 aliphatic heterocycles. The fourth-order valence-corrected chi connectivity index (χ4v) is 1.55. The van der Waals surface area contributed by atoms with Gasteiger partial charge in [0.1, 0.15) is 0 Å². The number of carbonyl (C=O) groups is 1. The summed E-state index contributed by atoms with van der Waals surface area (Å²) in [7, 11) is 1.32. The van der Waals surface area contributed by atoms with Crippen LogP contribution in [-0.2, 0) is 4.74 Å². The molecule has 0 saturated carbocycles. The zero-order chi connectivity index (χ0) is 13.0. The van der Waals surface area contributed by atoms with Crippen molar-refractivity contribution in [3.63, 3.8) is 0 Å². The van der Waals surface area contributed by atoms with E-state index in [-0.39, 0.29) is 0 Å². The van der Waals surface area contributed by atoms with Crippen LogP contribution >= 0.6 is 0 Å². The minimum Gasteiger partial charge on any atom is -0.465 e. The van der Waals surface area contributed by atoms with Gasteiger partial charge in [-0.1, -0.05) is 6.07 Å². The Hall–Kier alpha value is -2.56. The van der Waals surface area contributed by atoms with E-state index in [1.165, 1.54) is 7.11 Å².